The molecular formula is C12H13NO3S. The topological polar surface area (TPSA) is 78.2 Å². The summed E-state index contributed by atoms with van der Waals surface area (Å²) in [7, 11) is -3.68. The Morgan fingerprint density at radius 1 is 1.35 bits per heavy atom. The normalized spacial score (nSPS) is 28.2. The molecule has 1 aliphatic carbocycles. The van der Waals surface area contributed by atoms with Crippen molar-refractivity contribution in [2.24, 2.45) is 0 Å². The Morgan fingerprint density at radius 3 is 2.29 bits per heavy atom. The van der Waals surface area contributed by atoms with Crippen molar-refractivity contribution in [1.29, 1.82) is 5.26 Å². The van der Waals surface area contributed by atoms with E-state index in [2.05, 4.69) is 0 Å². The summed E-state index contributed by atoms with van der Waals surface area (Å²) in [5.41, 5.74) is 0.962. The fourth-order valence-electron chi connectivity index (χ4n) is 2.02. The molecule has 1 aromatic carbocycles. The first-order valence-electron chi connectivity index (χ1n) is 5.32. The van der Waals surface area contributed by atoms with Crippen LogP contribution in [0.1, 0.15) is 18.4 Å². The van der Waals surface area contributed by atoms with E-state index in [1.54, 1.807) is 12.1 Å². The van der Waals surface area contributed by atoms with Crippen molar-refractivity contribution in [1.82, 2.24) is 0 Å². The molecule has 5 heteroatoms. The minimum Gasteiger partial charge on any atom is -0.393 e. The van der Waals surface area contributed by atoms with Crippen molar-refractivity contribution in [3.63, 3.8) is 0 Å². The average molecular weight is 251 g/mol. The number of nitriles is 1. The fourth-order valence-corrected chi connectivity index (χ4v) is 3.90. The number of sulfone groups is 1. The highest BCUT2D eigenvalue weighted by atomic mass is 32.2. The maximum absolute atomic E-state index is 12.3. The van der Waals surface area contributed by atoms with Crippen LogP contribution in [0.5, 0.6) is 0 Å². The van der Waals surface area contributed by atoms with Crippen molar-refractivity contribution >= 4 is 9.84 Å². The van der Waals surface area contributed by atoms with Gasteiger partial charge in [-0.05, 0) is 19.1 Å². The number of rotatable bonds is 2. The highest BCUT2D eigenvalue weighted by molar-refractivity contribution is 7.93. The summed E-state index contributed by atoms with van der Waals surface area (Å²) in [6.45, 7) is 1.86. The first-order chi connectivity index (χ1) is 7.91. The summed E-state index contributed by atoms with van der Waals surface area (Å²) in [6, 6.07) is 8.27. The second kappa shape index (κ2) is 3.83. The average Bonchev–Trinajstić information content (AvgIpc) is 2.24. The predicted octanol–water partition coefficient (Wildman–Crippen LogP) is 1.19. The number of aliphatic hydroxyl groups is 1. The van der Waals surface area contributed by atoms with Crippen molar-refractivity contribution in [2.45, 2.75) is 35.5 Å². The number of aliphatic hydroxyl groups excluding tert-OH is 1. The van der Waals surface area contributed by atoms with Crippen LogP contribution in [0.4, 0.5) is 0 Å². The van der Waals surface area contributed by atoms with Crippen molar-refractivity contribution < 1.29 is 13.5 Å². The predicted molar refractivity (Wildman–Crippen MR) is 61.9 cm³/mol. The van der Waals surface area contributed by atoms with E-state index < -0.39 is 20.7 Å². The summed E-state index contributed by atoms with van der Waals surface area (Å²) < 4.78 is 23.1. The van der Waals surface area contributed by atoms with Crippen molar-refractivity contribution in [2.75, 3.05) is 0 Å². The van der Waals surface area contributed by atoms with E-state index in [-0.39, 0.29) is 17.7 Å². The SMILES string of the molecule is Cc1ccc(S(=O)(=O)C2(C#N)CC(O)C2)cc1. The van der Waals surface area contributed by atoms with Gasteiger partial charge in [0.05, 0.1) is 17.1 Å². The highest BCUT2D eigenvalue weighted by Gasteiger charge is 2.55. The van der Waals surface area contributed by atoms with Gasteiger partial charge in [0, 0.05) is 12.8 Å². The molecule has 0 aliphatic heterocycles. The highest BCUT2D eigenvalue weighted by Crippen LogP contribution is 2.42. The third kappa shape index (κ3) is 1.74. The minimum atomic E-state index is -3.68. The van der Waals surface area contributed by atoms with Crippen LogP contribution in [0, 0.1) is 18.3 Å². The van der Waals surface area contributed by atoms with E-state index in [9.17, 15) is 13.5 Å². The molecule has 90 valence electrons. The molecular weight excluding hydrogens is 238 g/mol. The molecule has 1 saturated carbocycles. The third-order valence-electron chi connectivity index (χ3n) is 3.18. The molecule has 0 unspecified atom stereocenters. The molecule has 0 aromatic heterocycles. The standard InChI is InChI=1S/C12H13NO3S/c1-9-2-4-11(5-3-9)17(15,16)12(8-13)6-10(14)7-12/h2-5,10,14H,6-7H2,1H3. The van der Waals surface area contributed by atoms with Gasteiger partial charge in [-0.25, -0.2) is 8.42 Å². The van der Waals surface area contributed by atoms with Crippen LogP contribution in [0.25, 0.3) is 0 Å². The third-order valence-corrected chi connectivity index (χ3v) is 5.53. The van der Waals surface area contributed by atoms with Gasteiger partial charge in [0.2, 0.25) is 0 Å². The molecule has 0 spiro atoms. The minimum absolute atomic E-state index is 0.000288. The van der Waals surface area contributed by atoms with Crippen LogP contribution in [-0.4, -0.2) is 24.4 Å². The lowest BCUT2D eigenvalue weighted by Gasteiger charge is -2.38. The Bertz CT molecular complexity index is 563. The van der Waals surface area contributed by atoms with Crippen LogP contribution >= 0.6 is 0 Å². The van der Waals surface area contributed by atoms with Crippen LogP contribution < -0.4 is 0 Å². The molecule has 1 N–H and O–H groups in total. The molecule has 4 nitrogen and oxygen atoms in total. The molecule has 0 bridgehead atoms. The van der Waals surface area contributed by atoms with Crippen LogP contribution in [0.2, 0.25) is 0 Å². The number of benzene rings is 1. The monoisotopic (exact) mass is 251 g/mol. The van der Waals surface area contributed by atoms with Crippen molar-refractivity contribution in [3.05, 3.63) is 29.8 Å². The number of hydrogen-bond donors (Lipinski definition) is 1. The van der Waals surface area contributed by atoms with E-state index >= 15 is 0 Å². The molecule has 0 atom stereocenters. The maximum Gasteiger partial charge on any atom is 0.197 e. The molecule has 1 aromatic rings. The molecule has 17 heavy (non-hydrogen) atoms. The van der Waals surface area contributed by atoms with Gasteiger partial charge in [0.1, 0.15) is 0 Å². The van der Waals surface area contributed by atoms with Crippen LogP contribution in [-0.2, 0) is 9.84 Å². The van der Waals surface area contributed by atoms with Gasteiger partial charge in [0.25, 0.3) is 0 Å². The van der Waals surface area contributed by atoms with Gasteiger partial charge in [-0.2, -0.15) is 5.26 Å². The van der Waals surface area contributed by atoms with Gasteiger partial charge >= 0.3 is 0 Å². The van der Waals surface area contributed by atoms with E-state index in [0.29, 0.717) is 0 Å². The number of hydrogen-bond acceptors (Lipinski definition) is 4. The quantitative estimate of drug-likeness (QED) is 0.856. The van der Waals surface area contributed by atoms with Crippen LogP contribution in [0.3, 0.4) is 0 Å². The van der Waals surface area contributed by atoms with Gasteiger partial charge in [-0.15, -0.1) is 0 Å². The fraction of sp³-hybridized carbons (Fsp3) is 0.417. The largest absolute Gasteiger partial charge is 0.393 e. The lowest BCUT2D eigenvalue weighted by Crippen LogP contribution is -2.51. The Kier molecular flexibility index (Phi) is 2.72. The summed E-state index contributed by atoms with van der Waals surface area (Å²) in [6.07, 6.45) is -0.686. The maximum atomic E-state index is 12.3. The van der Waals surface area contributed by atoms with E-state index in [4.69, 9.17) is 5.26 Å². The lowest BCUT2D eigenvalue weighted by molar-refractivity contribution is 0.0764. The molecule has 0 heterocycles. The Labute approximate surface area is 100 Å². The zero-order valence-corrected chi connectivity index (χ0v) is 10.2. The number of aryl methyl sites for hydroxylation is 1. The second-order valence-electron chi connectivity index (χ2n) is 4.48. The smallest absolute Gasteiger partial charge is 0.197 e. The first kappa shape index (κ1) is 12.1. The van der Waals surface area contributed by atoms with E-state index in [0.717, 1.165) is 5.56 Å². The Morgan fingerprint density at radius 2 is 1.88 bits per heavy atom. The second-order valence-corrected chi connectivity index (χ2v) is 6.74. The zero-order valence-electron chi connectivity index (χ0n) is 9.42. The van der Waals surface area contributed by atoms with Crippen LogP contribution in [0.15, 0.2) is 29.2 Å². The zero-order chi connectivity index (χ0) is 12.7. The number of nitrogens with zero attached hydrogens (tertiary/aromatic N) is 1. The van der Waals surface area contributed by atoms with E-state index in [1.165, 1.54) is 12.1 Å². The van der Waals surface area contributed by atoms with Gasteiger partial charge in [-0.3, -0.25) is 0 Å². The molecule has 1 aliphatic rings. The Balaban J connectivity index is 2.44. The summed E-state index contributed by atoms with van der Waals surface area (Å²) in [5, 5.41) is 18.3. The first-order valence-corrected chi connectivity index (χ1v) is 6.80. The van der Waals surface area contributed by atoms with Gasteiger partial charge < -0.3 is 5.11 Å². The van der Waals surface area contributed by atoms with Crippen molar-refractivity contribution in [3.8, 4) is 6.07 Å². The molecule has 0 radical (unpaired) electrons. The molecule has 0 amide bonds. The molecule has 1 fully saturated rings. The summed E-state index contributed by atoms with van der Waals surface area (Å²) in [4.78, 5) is 0.150. The van der Waals surface area contributed by atoms with E-state index in [1.807, 2.05) is 13.0 Å². The molecule has 0 saturated heterocycles. The van der Waals surface area contributed by atoms with Gasteiger partial charge in [0.15, 0.2) is 14.6 Å². The Hall–Kier alpha value is -1.38. The lowest BCUT2D eigenvalue weighted by atomic mass is 9.82. The van der Waals surface area contributed by atoms with Gasteiger partial charge in [-0.1, -0.05) is 17.7 Å². The summed E-state index contributed by atoms with van der Waals surface area (Å²) >= 11 is 0. The molecule has 2 rings (SSSR count). The summed E-state index contributed by atoms with van der Waals surface area (Å²) in [5.74, 6) is 0.